The molecule has 108 valence electrons. The van der Waals surface area contributed by atoms with Crippen LogP contribution in [0, 0.1) is 21.8 Å². The highest BCUT2D eigenvalue weighted by Gasteiger charge is 2.33. The van der Waals surface area contributed by atoms with Gasteiger partial charge >= 0.3 is 6.18 Å². The maximum absolute atomic E-state index is 12.9. The lowest BCUT2D eigenvalue weighted by atomic mass is 9.99. The summed E-state index contributed by atoms with van der Waals surface area (Å²) in [7, 11) is 0. The van der Waals surface area contributed by atoms with E-state index in [9.17, 15) is 18.0 Å². The van der Waals surface area contributed by atoms with Crippen molar-refractivity contribution in [3.63, 3.8) is 0 Å². The first-order chi connectivity index (χ1) is 9.74. The third-order valence-corrected chi connectivity index (χ3v) is 3.80. The highest BCUT2D eigenvalue weighted by atomic mass is 127. The number of pyridine rings is 1. The number of nitrogens with one attached hydrogen (secondary N) is 1. The minimum atomic E-state index is -4.49. The van der Waals surface area contributed by atoms with E-state index in [2.05, 4.69) is 4.98 Å². The van der Waals surface area contributed by atoms with Crippen LogP contribution in [0.15, 0.2) is 29.1 Å². The van der Waals surface area contributed by atoms with Gasteiger partial charge in [-0.2, -0.15) is 18.4 Å². The lowest BCUT2D eigenvalue weighted by Crippen LogP contribution is -2.13. The van der Waals surface area contributed by atoms with E-state index in [1.165, 1.54) is 18.2 Å². The Bertz CT molecular complexity index is 803. The number of halogens is 4. The number of aromatic nitrogens is 1. The van der Waals surface area contributed by atoms with Crippen molar-refractivity contribution in [2.45, 2.75) is 13.1 Å². The first-order valence-corrected chi connectivity index (χ1v) is 6.83. The quantitative estimate of drug-likeness (QED) is 0.735. The van der Waals surface area contributed by atoms with Crippen molar-refractivity contribution in [1.82, 2.24) is 4.98 Å². The van der Waals surface area contributed by atoms with Gasteiger partial charge in [0.25, 0.3) is 5.56 Å². The van der Waals surface area contributed by atoms with Crippen LogP contribution in [0.3, 0.4) is 0 Å². The predicted molar refractivity (Wildman–Crippen MR) is 79.7 cm³/mol. The first-order valence-electron chi connectivity index (χ1n) is 5.75. The SMILES string of the molecule is Cc1cc(-c2ccc(I)c(C(F)(F)F)c2)c(C#N)c(=O)[nH]1. The number of aryl methyl sites for hydroxylation is 1. The Morgan fingerprint density at radius 2 is 1.95 bits per heavy atom. The molecule has 7 heteroatoms. The molecule has 0 atom stereocenters. The zero-order valence-corrected chi connectivity index (χ0v) is 12.8. The second-order valence-corrected chi connectivity index (χ2v) is 5.54. The smallest absolute Gasteiger partial charge is 0.325 e. The van der Waals surface area contributed by atoms with Gasteiger partial charge < -0.3 is 4.98 Å². The summed E-state index contributed by atoms with van der Waals surface area (Å²) in [5.74, 6) is 0. The number of rotatable bonds is 1. The third-order valence-electron chi connectivity index (χ3n) is 2.86. The minimum Gasteiger partial charge on any atom is -0.325 e. The average Bonchev–Trinajstić information content (AvgIpc) is 2.37. The number of nitrogens with zero attached hydrogens (tertiary/aromatic N) is 1. The zero-order valence-electron chi connectivity index (χ0n) is 10.7. The molecule has 0 radical (unpaired) electrons. The molecule has 0 saturated carbocycles. The Balaban J connectivity index is 2.75. The molecule has 0 aliphatic carbocycles. The second kappa shape index (κ2) is 5.52. The maximum atomic E-state index is 12.9. The van der Waals surface area contributed by atoms with Gasteiger partial charge in [0.15, 0.2) is 0 Å². The molecule has 0 amide bonds. The topological polar surface area (TPSA) is 56.6 Å². The Hall–Kier alpha value is -1.82. The number of benzene rings is 1. The van der Waals surface area contributed by atoms with Crippen LogP contribution in [0.2, 0.25) is 0 Å². The molecule has 1 aromatic carbocycles. The van der Waals surface area contributed by atoms with E-state index in [0.717, 1.165) is 6.07 Å². The van der Waals surface area contributed by atoms with E-state index in [0.29, 0.717) is 5.69 Å². The Morgan fingerprint density at radius 3 is 2.52 bits per heavy atom. The summed E-state index contributed by atoms with van der Waals surface area (Å²) >= 11 is 1.60. The Kier molecular flexibility index (Phi) is 4.09. The summed E-state index contributed by atoms with van der Waals surface area (Å²) in [6.45, 7) is 1.60. The number of aromatic amines is 1. The van der Waals surface area contributed by atoms with E-state index in [-0.39, 0.29) is 20.3 Å². The predicted octanol–water partition coefficient (Wildman–Crippen LogP) is 3.85. The van der Waals surface area contributed by atoms with Crippen molar-refractivity contribution >= 4 is 22.6 Å². The van der Waals surface area contributed by atoms with Gasteiger partial charge in [-0.15, -0.1) is 0 Å². The molecular formula is C14H8F3IN2O. The molecule has 3 nitrogen and oxygen atoms in total. The molecule has 1 heterocycles. The number of alkyl halides is 3. The van der Waals surface area contributed by atoms with Crippen LogP contribution < -0.4 is 5.56 Å². The molecule has 0 unspecified atom stereocenters. The fourth-order valence-electron chi connectivity index (χ4n) is 1.94. The van der Waals surface area contributed by atoms with Crippen LogP contribution in [0.5, 0.6) is 0 Å². The molecule has 21 heavy (non-hydrogen) atoms. The Morgan fingerprint density at radius 1 is 1.29 bits per heavy atom. The lowest BCUT2D eigenvalue weighted by Gasteiger charge is -2.12. The van der Waals surface area contributed by atoms with E-state index in [1.807, 2.05) is 0 Å². The average molecular weight is 404 g/mol. The van der Waals surface area contributed by atoms with Gasteiger partial charge in [-0.05, 0) is 53.3 Å². The summed E-state index contributed by atoms with van der Waals surface area (Å²) in [6.07, 6.45) is -4.49. The molecule has 2 rings (SSSR count). The first kappa shape index (κ1) is 15.6. The van der Waals surface area contributed by atoms with Crippen molar-refractivity contribution in [3.05, 3.63) is 55.0 Å². The normalized spacial score (nSPS) is 11.2. The highest BCUT2D eigenvalue weighted by Crippen LogP contribution is 2.35. The summed E-state index contributed by atoms with van der Waals surface area (Å²) in [5, 5.41) is 9.04. The van der Waals surface area contributed by atoms with Crippen LogP contribution in [-0.2, 0) is 6.18 Å². The summed E-state index contributed by atoms with van der Waals surface area (Å²) in [5.41, 5.74) is -0.743. The molecule has 0 fully saturated rings. The molecule has 0 saturated heterocycles. The van der Waals surface area contributed by atoms with Gasteiger partial charge in [0.1, 0.15) is 11.6 Å². The fourth-order valence-corrected chi connectivity index (χ4v) is 2.58. The van der Waals surface area contributed by atoms with Gasteiger partial charge in [0.05, 0.1) is 5.56 Å². The number of hydrogen-bond donors (Lipinski definition) is 1. The molecule has 0 aliphatic heterocycles. The van der Waals surface area contributed by atoms with Crippen LogP contribution in [0.25, 0.3) is 11.1 Å². The largest absolute Gasteiger partial charge is 0.417 e. The highest BCUT2D eigenvalue weighted by molar-refractivity contribution is 14.1. The van der Waals surface area contributed by atoms with Gasteiger partial charge in [0, 0.05) is 14.8 Å². The molecule has 0 spiro atoms. The van der Waals surface area contributed by atoms with Crippen LogP contribution in [0.1, 0.15) is 16.8 Å². The van der Waals surface area contributed by atoms with Crippen molar-refractivity contribution in [1.29, 1.82) is 5.26 Å². The second-order valence-electron chi connectivity index (χ2n) is 4.37. The van der Waals surface area contributed by atoms with Gasteiger partial charge in [-0.1, -0.05) is 6.07 Å². The fraction of sp³-hybridized carbons (Fsp3) is 0.143. The molecule has 1 aromatic heterocycles. The Labute approximate surface area is 131 Å². The zero-order chi connectivity index (χ0) is 15.8. The van der Waals surface area contributed by atoms with E-state index >= 15 is 0 Å². The van der Waals surface area contributed by atoms with Gasteiger partial charge in [-0.25, -0.2) is 0 Å². The number of nitriles is 1. The van der Waals surface area contributed by atoms with Crippen LogP contribution >= 0.6 is 22.6 Å². The molecule has 0 aliphatic rings. The summed E-state index contributed by atoms with van der Waals surface area (Å²) in [6, 6.07) is 6.96. The van der Waals surface area contributed by atoms with E-state index < -0.39 is 17.3 Å². The summed E-state index contributed by atoms with van der Waals surface area (Å²) < 4.78 is 38.9. The molecule has 2 aromatic rings. The molecule has 0 bridgehead atoms. The minimum absolute atomic E-state index is 0.0592. The monoisotopic (exact) mass is 404 g/mol. The number of H-pyrrole nitrogens is 1. The standard InChI is InChI=1S/C14H8F3IN2O/c1-7-4-9(10(6-19)13(21)20-7)8-2-3-12(18)11(5-8)14(15,16)17/h2-5H,1H3,(H,20,21). The number of hydrogen-bond acceptors (Lipinski definition) is 2. The van der Waals surface area contributed by atoms with Crippen molar-refractivity contribution in [2.75, 3.05) is 0 Å². The van der Waals surface area contributed by atoms with Crippen molar-refractivity contribution < 1.29 is 13.2 Å². The van der Waals surface area contributed by atoms with Crippen molar-refractivity contribution in [3.8, 4) is 17.2 Å². The molecular weight excluding hydrogens is 396 g/mol. The molecule has 1 N–H and O–H groups in total. The van der Waals surface area contributed by atoms with Crippen LogP contribution in [0.4, 0.5) is 13.2 Å². The maximum Gasteiger partial charge on any atom is 0.417 e. The lowest BCUT2D eigenvalue weighted by molar-refractivity contribution is -0.138. The van der Waals surface area contributed by atoms with Gasteiger partial charge in [0.2, 0.25) is 0 Å². The van der Waals surface area contributed by atoms with E-state index in [4.69, 9.17) is 5.26 Å². The van der Waals surface area contributed by atoms with E-state index in [1.54, 1.807) is 35.6 Å². The van der Waals surface area contributed by atoms with Gasteiger partial charge in [-0.3, -0.25) is 4.79 Å². The van der Waals surface area contributed by atoms with Crippen molar-refractivity contribution in [2.24, 2.45) is 0 Å². The summed E-state index contributed by atoms with van der Waals surface area (Å²) in [4.78, 5) is 14.2. The third kappa shape index (κ3) is 3.10. The van der Waals surface area contributed by atoms with Crippen LogP contribution in [-0.4, -0.2) is 4.98 Å².